The van der Waals surface area contributed by atoms with Gasteiger partial charge in [0, 0.05) is 12.3 Å². The quantitative estimate of drug-likeness (QED) is 0.168. The van der Waals surface area contributed by atoms with Gasteiger partial charge in [0.05, 0.1) is 44.4 Å². The van der Waals surface area contributed by atoms with E-state index in [0.717, 1.165) is 11.3 Å². The van der Waals surface area contributed by atoms with E-state index in [2.05, 4.69) is 54.6 Å². The number of carbonyl (C=O) groups is 1. The second-order valence-electron chi connectivity index (χ2n) is 13.1. The molecule has 0 aliphatic heterocycles. The van der Waals surface area contributed by atoms with Gasteiger partial charge in [-0.15, -0.1) is 0 Å². The fourth-order valence-electron chi connectivity index (χ4n) is 4.38. The Morgan fingerprint density at radius 1 is 0.952 bits per heavy atom. The van der Waals surface area contributed by atoms with Gasteiger partial charge in [-0.3, -0.25) is 4.79 Å². The molecule has 0 N–H and O–H groups in total. The number of benzene rings is 2. The molecule has 1 aromatic heterocycles. The summed E-state index contributed by atoms with van der Waals surface area (Å²) in [6, 6.07) is 10.8. The summed E-state index contributed by atoms with van der Waals surface area (Å²) in [5.74, 6) is 0.967. The van der Waals surface area contributed by atoms with E-state index in [1.807, 2.05) is 28.8 Å². The molecule has 1 atom stereocenters. The first-order valence-electron chi connectivity index (χ1n) is 14.4. The number of aromatic nitrogens is 1. The van der Waals surface area contributed by atoms with Crippen LogP contribution in [0.2, 0.25) is 18.1 Å². The predicted octanol–water partition coefficient (Wildman–Crippen LogP) is 7.38. The van der Waals surface area contributed by atoms with Crippen LogP contribution in [0.25, 0.3) is 10.9 Å². The molecule has 0 saturated heterocycles. The van der Waals surface area contributed by atoms with Crippen LogP contribution >= 0.6 is 0 Å². The molecule has 0 bridgehead atoms. The molecule has 0 radical (unpaired) electrons. The van der Waals surface area contributed by atoms with Crippen molar-refractivity contribution in [1.82, 2.24) is 4.57 Å². The summed E-state index contributed by atoms with van der Waals surface area (Å²) in [6.07, 6.45) is 1.62. The molecule has 3 aromatic rings. The summed E-state index contributed by atoms with van der Waals surface area (Å²) < 4.78 is 31.1. The van der Waals surface area contributed by atoms with Crippen molar-refractivity contribution < 1.29 is 28.2 Å². The molecule has 2 aromatic carbocycles. The van der Waals surface area contributed by atoms with E-state index in [9.17, 15) is 9.59 Å². The zero-order valence-corrected chi connectivity index (χ0v) is 28.0. The zero-order chi connectivity index (χ0) is 31.5. The minimum atomic E-state index is -2.10. The van der Waals surface area contributed by atoms with E-state index in [-0.39, 0.29) is 35.3 Å². The van der Waals surface area contributed by atoms with Crippen molar-refractivity contribution in [2.24, 2.45) is 5.41 Å². The van der Waals surface area contributed by atoms with Crippen molar-refractivity contribution in [2.75, 3.05) is 27.4 Å². The fourth-order valence-corrected chi connectivity index (χ4v) is 5.38. The molecule has 3 rings (SSSR count). The highest BCUT2D eigenvalue weighted by atomic mass is 28.4. The number of methoxy groups -OCH3 is 2. The van der Waals surface area contributed by atoms with Gasteiger partial charge in [0.15, 0.2) is 19.8 Å². The van der Waals surface area contributed by atoms with Crippen LogP contribution in [0.4, 0.5) is 0 Å². The van der Waals surface area contributed by atoms with Gasteiger partial charge in [-0.25, -0.2) is 4.79 Å². The Balaban J connectivity index is 2.20. The van der Waals surface area contributed by atoms with Gasteiger partial charge in [-0.05, 0) is 54.2 Å². The first-order valence-corrected chi connectivity index (χ1v) is 17.3. The molecule has 230 valence electrons. The van der Waals surface area contributed by atoms with E-state index in [4.69, 9.17) is 23.4 Å². The van der Waals surface area contributed by atoms with Crippen molar-refractivity contribution in [2.45, 2.75) is 79.2 Å². The monoisotopic (exact) mass is 597 g/mol. The molecule has 1 heterocycles. The number of fused-ring (bicyclic) bond motifs is 1. The summed E-state index contributed by atoms with van der Waals surface area (Å²) in [7, 11) is 1.08. The SMILES string of the molecule is CCOC(=O)c1cn(C(CO[Si](C)(C)C(C)(C)C)C(C)(C)C)c2cc(OC)c(OCc3ccc(OC)cc3)cc2c1=O. The average molecular weight is 598 g/mol. The average Bonchev–Trinajstić information content (AvgIpc) is 2.91. The number of esters is 1. The molecule has 9 heteroatoms. The highest BCUT2D eigenvalue weighted by molar-refractivity contribution is 6.74. The number of rotatable bonds is 11. The van der Waals surface area contributed by atoms with Gasteiger partial charge in [0.2, 0.25) is 5.43 Å². The normalized spacial score (nSPS) is 13.1. The number of hydrogen-bond acceptors (Lipinski definition) is 7. The topological polar surface area (TPSA) is 85.2 Å². The van der Waals surface area contributed by atoms with Gasteiger partial charge < -0.3 is 27.9 Å². The highest BCUT2D eigenvalue weighted by Gasteiger charge is 2.39. The van der Waals surface area contributed by atoms with Crippen molar-refractivity contribution in [3.8, 4) is 17.2 Å². The van der Waals surface area contributed by atoms with Crippen molar-refractivity contribution >= 4 is 25.2 Å². The third kappa shape index (κ3) is 7.36. The molecule has 0 saturated carbocycles. The lowest BCUT2D eigenvalue weighted by Gasteiger charge is -2.40. The molecule has 0 amide bonds. The minimum absolute atomic E-state index is 0.0243. The fraction of sp³-hybridized carbons (Fsp3) is 0.515. The summed E-state index contributed by atoms with van der Waals surface area (Å²) in [4.78, 5) is 26.8. The van der Waals surface area contributed by atoms with Gasteiger partial charge in [0.25, 0.3) is 0 Å². The van der Waals surface area contributed by atoms with Gasteiger partial charge >= 0.3 is 5.97 Å². The molecule has 0 aliphatic rings. The molecule has 8 nitrogen and oxygen atoms in total. The first-order chi connectivity index (χ1) is 19.5. The summed E-state index contributed by atoms with van der Waals surface area (Å²) in [5.41, 5.74) is 0.811. The van der Waals surface area contributed by atoms with Crippen LogP contribution < -0.4 is 19.6 Å². The minimum Gasteiger partial charge on any atom is -0.497 e. The molecule has 0 fully saturated rings. The first kappa shape index (κ1) is 33.2. The van der Waals surface area contributed by atoms with Crippen LogP contribution in [0.1, 0.15) is 70.4 Å². The predicted molar refractivity (Wildman–Crippen MR) is 170 cm³/mol. The van der Waals surface area contributed by atoms with Crippen LogP contribution in [-0.4, -0.2) is 46.3 Å². The number of pyridine rings is 1. The molecular weight excluding hydrogens is 550 g/mol. The lowest BCUT2D eigenvalue weighted by molar-refractivity contribution is 0.0522. The molecular formula is C33H47NO7Si. The summed E-state index contributed by atoms with van der Waals surface area (Å²) >= 11 is 0. The van der Waals surface area contributed by atoms with Crippen molar-refractivity contribution in [3.63, 3.8) is 0 Å². The van der Waals surface area contributed by atoms with E-state index in [1.165, 1.54) is 0 Å². The molecule has 0 spiro atoms. The van der Waals surface area contributed by atoms with Crippen LogP contribution in [-0.2, 0) is 15.8 Å². The van der Waals surface area contributed by atoms with Crippen molar-refractivity contribution in [3.05, 3.63) is 63.9 Å². The van der Waals surface area contributed by atoms with Crippen LogP contribution in [0, 0.1) is 5.41 Å². The number of hydrogen-bond donors (Lipinski definition) is 0. The van der Waals surface area contributed by atoms with E-state index >= 15 is 0 Å². The third-order valence-corrected chi connectivity index (χ3v) is 12.6. The Hall–Kier alpha value is -3.30. The molecule has 42 heavy (non-hydrogen) atoms. The van der Waals surface area contributed by atoms with Crippen LogP contribution in [0.5, 0.6) is 17.2 Å². The van der Waals surface area contributed by atoms with Crippen LogP contribution in [0.3, 0.4) is 0 Å². The maximum atomic E-state index is 13.8. The smallest absolute Gasteiger partial charge is 0.343 e. The van der Waals surface area contributed by atoms with Crippen LogP contribution in [0.15, 0.2) is 47.4 Å². The molecule has 1 unspecified atom stereocenters. The largest absolute Gasteiger partial charge is 0.497 e. The Morgan fingerprint density at radius 3 is 2.12 bits per heavy atom. The Labute approximate surface area is 251 Å². The van der Waals surface area contributed by atoms with Gasteiger partial charge in [-0.1, -0.05) is 53.7 Å². The number of carbonyl (C=O) groups excluding carboxylic acids is 1. The lowest BCUT2D eigenvalue weighted by atomic mass is 9.86. The number of ether oxygens (including phenoxy) is 4. The van der Waals surface area contributed by atoms with E-state index in [1.54, 1.807) is 39.5 Å². The van der Waals surface area contributed by atoms with Crippen molar-refractivity contribution in [1.29, 1.82) is 0 Å². The second-order valence-corrected chi connectivity index (χ2v) is 17.9. The maximum absolute atomic E-state index is 13.8. The Bertz CT molecular complexity index is 1450. The standard InChI is InChI=1S/C33H47NO7Si/c1-12-39-31(36)25-19-34(29(32(2,3)4)21-41-42(10,11)33(5,6)7)26-18-27(38-9)28(17-24(26)30(25)35)40-20-22-13-15-23(37-8)16-14-22/h13-19,29H,12,20-21H2,1-11H3. The maximum Gasteiger partial charge on any atom is 0.343 e. The Morgan fingerprint density at radius 2 is 1.60 bits per heavy atom. The van der Waals surface area contributed by atoms with Gasteiger partial charge in [0.1, 0.15) is 17.9 Å². The molecule has 0 aliphatic carbocycles. The lowest BCUT2D eigenvalue weighted by Crippen LogP contribution is -2.43. The highest BCUT2D eigenvalue weighted by Crippen LogP contribution is 2.41. The number of nitrogens with zero attached hydrogens (tertiary/aromatic N) is 1. The summed E-state index contributed by atoms with van der Waals surface area (Å²) in [6.45, 7) is 20.0. The second kappa shape index (κ2) is 12.9. The van der Waals surface area contributed by atoms with Gasteiger partial charge in [-0.2, -0.15) is 0 Å². The zero-order valence-electron chi connectivity index (χ0n) is 27.0. The van der Waals surface area contributed by atoms with E-state index in [0.29, 0.717) is 29.0 Å². The summed E-state index contributed by atoms with van der Waals surface area (Å²) in [5, 5.41) is 0.365. The third-order valence-electron chi connectivity index (χ3n) is 8.11. The Kier molecular flexibility index (Phi) is 10.2. The van der Waals surface area contributed by atoms with E-state index < -0.39 is 19.7 Å².